The average molecular weight is 382 g/mol. The molecule has 1 heterocycles. The van der Waals surface area contributed by atoms with Gasteiger partial charge in [-0.2, -0.15) is 0 Å². The first-order valence-electron chi connectivity index (χ1n) is 9.06. The van der Waals surface area contributed by atoms with Gasteiger partial charge in [0.25, 0.3) is 5.56 Å². The summed E-state index contributed by atoms with van der Waals surface area (Å²) >= 11 is 1.73. The minimum absolute atomic E-state index is 0.0302. The predicted molar refractivity (Wildman–Crippen MR) is 110 cm³/mol. The Morgan fingerprint density at radius 2 is 1.93 bits per heavy atom. The van der Waals surface area contributed by atoms with E-state index in [9.17, 15) is 9.59 Å². The summed E-state index contributed by atoms with van der Waals surface area (Å²) in [5, 5.41) is 3.53. The van der Waals surface area contributed by atoms with Crippen molar-refractivity contribution in [1.29, 1.82) is 0 Å². The molecule has 0 saturated heterocycles. The van der Waals surface area contributed by atoms with Crippen LogP contribution in [0.1, 0.15) is 24.2 Å². The maximum Gasteiger partial charge on any atom is 0.258 e. The second-order valence-electron chi connectivity index (χ2n) is 6.39. The van der Waals surface area contributed by atoms with Crippen LogP contribution in [0.25, 0.3) is 10.9 Å². The Morgan fingerprint density at radius 3 is 2.74 bits per heavy atom. The van der Waals surface area contributed by atoms with E-state index < -0.39 is 0 Å². The van der Waals surface area contributed by atoms with Crippen LogP contribution in [0.4, 0.5) is 0 Å². The number of nitrogens with one attached hydrogen (secondary N) is 2. The van der Waals surface area contributed by atoms with Crippen LogP contribution in [-0.4, -0.2) is 28.2 Å². The van der Waals surface area contributed by atoms with Crippen LogP contribution in [-0.2, 0) is 11.2 Å². The number of benzene rings is 2. The van der Waals surface area contributed by atoms with Gasteiger partial charge in [0.15, 0.2) is 0 Å². The van der Waals surface area contributed by atoms with Gasteiger partial charge in [0, 0.05) is 30.0 Å². The van der Waals surface area contributed by atoms with Gasteiger partial charge in [-0.05, 0) is 37.6 Å². The number of amides is 1. The van der Waals surface area contributed by atoms with Gasteiger partial charge in [-0.3, -0.25) is 9.59 Å². The van der Waals surface area contributed by atoms with Crippen LogP contribution in [0, 0.1) is 6.92 Å². The van der Waals surface area contributed by atoms with Gasteiger partial charge in [-0.25, -0.2) is 4.98 Å². The number of hydrogen-bond acceptors (Lipinski definition) is 4. The highest BCUT2D eigenvalue weighted by Gasteiger charge is 2.05. The molecule has 0 bridgehead atoms. The molecule has 0 fully saturated rings. The number of carbonyl (C=O) groups is 1. The lowest BCUT2D eigenvalue weighted by molar-refractivity contribution is -0.121. The van der Waals surface area contributed by atoms with Crippen LogP contribution in [0.3, 0.4) is 0 Å². The van der Waals surface area contributed by atoms with Gasteiger partial charge in [0.1, 0.15) is 5.82 Å². The number of aryl methyl sites for hydroxylation is 2. The first kappa shape index (κ1) is 19.2. The SMILES string of the molecule is Cc1ccc(SCCNC(=O)CCCc2nc3ccccc3c(=O)[nH]2)cc1. The Morgan fingerprint density at radius 1 is 1.15 bits per heavy atom. The molecule has 2 N–H and O–H groups in total. The Bertz CT molecular complexity index is 967. The zero-order valence-electron chi connectivity index (χ0n) is 15.3. The van der Waals surface area contributed by atoms with Crippen molar-refractivity contribution >= 4 is 28.6 Å². The van der Waals surface area contributed by atoms with Crippen LogP contribution < -0.4 is 10.9 Å². The third kappa shape index (κ3) is 5.69. The molecular formula is C21H23N3O2S. The van der Waals surface area contributed by atoms with Crippen LogP contribution >= 0.6 is 11.8 Å². The highest BCUT2D eigenvalue weighted by atomic mass is 32.2. The van der Waals surface area contributed by atoms with E-state index in [4.69, 9.17) is 0 Å². The molecule has 0 aliphatic rings. The summed E-state index contributed by atoms with van der Waals surface area (Å²) in [6.07, 6.45) is 1.65. The summed E-state index contributed by atoms with van der Waals surface area (Å²) in [6.45, 7) is 2.71. The zero-order chi connectivity index (χ0) is 19.1. The molecular weight excluding hydrogens is 358 g/mol. The molecule has 5 nitrogen and oxygen atoms in total. The number of thioether (sulfide) groups is 1. The van der Waals surface area contributed by atoms with Crippen molar-refractivity contribution in [3.8, 4) is 0 Å². The molecule has 27 heavy (non-hydrogen) atoms. The molecule has 0 aliphatic heterocycles. The van der Waals surface area contributed by atoms with Crippen LogP contribution in [0.5, 0.6) is 0 Å². The number of aromatic amines is 1. The number of rotatable bonds is 8. The predicted octanol–water partition coefficient (Wildman–Crippen LogP) is 3.46. The number of hydrogen-bond donors (Lipinski definition) is 2. The molecule has 0 atom stereocenters. The average Bonchev–Trinajstić information content (AvgIpc) is 2.67. The van der Waals surface area contributed by atoms with E-state index in [1.165, 1.54) is 10.5 Å². The third-order valence-electron chi connectivity index (χ3n) is 4.19. The van der Waals surface area contributed by atoms with Crippen molar-refractivity contribution in [3.63, 3.8) is 0 Å². The van der Waals surface area contributed by atoms with E-state index in [-0.39, 0.29) is 11.5 Å². The zero-order valence-corrected chi connectivity index (χ0v) is 16.1. The van der Waals surface area contributed by atoms with Crippen molar-refractivity contribution in [1.82, 2.24) is 15.3 Å². The number of nitrogens with zero attached hydrogens (tertiary/aromatic N) is 1. The topological polar surface area (TPSA) is 74.8 Å². The van der Waals surface area contributed by atoms with E-state index in [0.717, 1.165) is 5.75 Å². The van der Waals surface area contributed by atoms with Crippen molar-refractivity contribution in [2.75, 3.05) is 12.3 Å². The molecule has 0 radical (unpaired) electrons. The normalized spacial score (nSPS) is 10.9. The molecule has 1 amide bonds. The monoisotopic (exact) mass is 381 g/mol. The molecule has 6 heteroatoms. The van der Waals surface area contributed by atoms with Gasteiger partial charge in [-0.1, -0.05) is 29.8 Å². The minimum atomic E-state index is -0.131. The molecule has 0 unspecified atom stereocenters. The van der Waals surface area contributed by atoms with Crippen molar-refractivity contribution in [3.05, 3.63) is 70.3 Å². The fourth-order valence-corrected chi connectivity index (χ4v) is 3.52. The molecule has 140 valence electrons. The summed E-state index contributed by atoms with van der Waals surface area (Å²) in [5.74, 6) is 1.50. The third-order valence-corrected chi connectivity index (χ3v) is 5.21. The lowest BCUT2D eigenvalue weighted by atomic mass is 10.2. The van der Waals surface area contributed by atoms with Gasteiger partial charge in [-0.15, -0.1) is 11.8 Å². The Hall–Kier alpha value is -2.60. The van der Waals surface area contributed by atoms with Crippen molar-refractivity contribution in [2.45, 2.75) is 31.1 Å². The lowest BCUT2D eigenvalue weighted by Gasteiger charge is -2.06. The van der Waals surface area contributed by atoms with Gasteiger partial charge in [0.05, 0.1) is 10.9 Å². The Labute approximate surface area is 162 Å². The van der Waals surface area contributed by atoms with E-state index >= 15 is 0 Å². The Kier molecular flexibility index (Phi) is 6.65. The number of H-pyrrole nitrogens is 1. The van der Waals surface area contributed by atoms with E-state index in [1.54, 1.807) is 17.8 Å². The molecule has 0 saturated carbocycles. The fourth-order valence-electron chi connectivity index (χ4n) is 2.75. The summed E-state index contributed by atoms with van der Waals surface area (Å²) < 4.78 is 0. The maximum atomic E-state index is 12.0. The first-order chi connectivity index (χ1) is 13.1. The van der Waals surface area contributed by atoms with Crippen LogP contribution in [0.2, 0.25) is 0 Å². The van der Waals surface area contributed by atoms with E-state index in [1.807, 2.05) is 18.2 Å². The molecule has 0 aliphatic carbocycles. The molecule has 2 aromatic carbocycles. The van der Waals surface area contributed by atoms with E-state index in [0.29, 0.717) is 42.5 Å². The molecule has 0 spiro atoms. The minimum Gasteiger partial charge on any atom is -0.355 e. The number of carbonyl (C=O) groups excluding carboxylic acids is 1. The van der Waals surface area contributed by atoms with Gasteiger partial charge in [0.2, 0.25) is 5.91 Å². The summed E-state index contributed by atoms with van der Waals surface area (Å²) in [7, 11) is 0. The van der Waals surface area contributed by atoms with Crippen LogP contribution in [0.15, 0.2) is 58.2 Å². The smallest absolute Gasteiger partial charge is 0.258 e. The summed E-state index contributed by atoms with van der Waals surface area (Å²) in [6, 6.07) is 15.6. The number of aromatic nitrogens is 2. The molecule has 3 rings (SSSR count). The first-order valence-corrected chi connectivity index (χ1v) is 10.0. The maximum absolute atomic E-state index is 12.0. The quantitative estimate of drug-likeness (QED) is 0.463. The number of fused-ring (bicyclic) bond motifs is 1. The molecule has 1 aromatic heterocycles. The van der Waals surface area contributed by atoms with E-state index in [2.05, 4.69) is 46.5 Å². The largest absolute Gasteiger partial charge is 0.355 e. The molecule has 3 aromatic rings. The standard InChI is InChI=1S/C21H23N3O2S/c1-15-9-11-16(12-10-15)27-14-13-22-20(25)8-4-7-19-23-18-6-3-2-5-17(18)21(26)24-19/h2-3,5-6,9-12H,4,7-8,13-14H2,1H3,(H,22,25)(H,23,24,26). The fraction of sp³-hybridized carbons (Fsp3) is 0.286. The van der Waals surface area contributed by atoms with Gasteiger partial charge < -0.3 is 10.3 Å². The second-order valence-corrected chi connectivity index (χ2v) is 7.56. The summed E-state index contributed by atoms with van der Waals surface area (Å²) in [4.78, 5) is 32.4. The van der Waals surface area contributed by atoms with Crippen molar-refractivity contribution in [2.24, 2.45) is 0 Å². The number of para-hydroxylation sites is 1. The second kappa shape index (κ2) is 9.37. The van der Waals surface area contributed by atoms with Crippen molar-refractivity contribution < 1.29 is 4.79 Å². The highest BCUT2D eigenvalue weighted by Crippen LogP contribution is 2.17. The van der Waals surface area contributed by atoms with Gasteiger partial charge >= 0.3 is 0 Å². The summed E-state index contributed by atoms with van der Waals surface area (Å²) in [5.41, 5.74) is 1.80. The Balaban J connectivity index is 1.38. The highest BCUT2D eigenvalue weighted by molar-refractivity contribution is 7.99. The lowest BCUT2D eigenvalue weighted by Crippen LogP contribution is -2.25.